The molecule has 1 fully saturated rings. The zero-order valence-corrected chi connectivity index (χ0v) is 17.9. The molecule has 1 aromatic heterocycles. The van der Waals surface area contributed by atoms with E-state index in [9.17, 15) is 14.0 Å². The van der Waals surface area contributed by atoms with Gasteiger partial charge in [0.05, 0.1) is 0 Å². The molecule has 1 unspecified atom stereocenters. The lowest BCUT2D eigenvalue weighted by Crippen LogP contribution is -2.58. The van der Waals surface area contributed by atoms with Crippen LogP contribution in [-0.4, -0.2) is 40.8 Å². The number of amides is 2. The van der Waals surface area contributed by atoms with Crippen molar-refractivity contribution in [2.75, 3.05) is 13.1 Å². The van der Waals surface area contributed by atoms with Crippen molar-refractivity contribution in [1.29, 1.82) is 0 Å². The average molecular weight is 439 g/mol. The SMILES string of the molecule is O=C1NCCN(C(=O)c2nccc3ccccc23)C1Cc1ccccc1-c1ccc(F)cc1. The summed E-state index contributed by atoms with van der Waals surface area (Å²) in [6.45, 7) is 0.796. The number of halogens is 1. The van der Waals surface area contributed by atoms with Gasteiger partial charge in [0.2, 0.25) is 5.91 Å². The number of piperazine rings is 1. The first kappa shape index (κ1) is 20.8. The Balaban J connectivity index is 1.50. The smallest absolute Gasteiger partial charge is 0.273 e. The Morgan fingerprint density at radius 2 is 1.76 bits per heavy atom. The molecule has 1 N–H and O–H groups in total. The maximum Gasteiger partial charge on any atom is 0.273 e. The molecule has 1 saturated heterocycles. The summed E-state index contributed by atoms with van der Waals surface area (Å²) in [6.07, 6.45) is 1.97. The second kappa shape index (κ2) is 8.82. The molecule has 5 nitrogen and oxygen atoms in total. The molecular weight excluding hydrogens is 417 g/mol. The minimum Gasteiger partial charge on any atom is -0.353 e. The zero-order valence-electron chi connectivity index (χ0n) is 17.9. The number of hydrogen-bond acceptors (Lipinski definition) is 3. The lowest BCUT2D eigenvalue weighted by atomic mass is 9.93. The van der Waals surface area contributed by atoms with Crippen molar-refractivity contribution in [1.82, 2.24) is 15.2 Å². The molecule has 3 aromatic carbocycles. The van der Waals surface area contributed by atoms with Crippen molar-refractivity contribution >= 4 is 22.6 Å². The number of carbonyl (C=O) groups excluding carboxylic acids is 2. The highest BCUT2D eigenvalue weighted by Crippen LogP contribution is 2.27. The molecule has 0 aliphatic carbocycles. The summed E-state index contributed by atoms with van der Waals surface area (Å²) in [5, 5.41) is 4.58. The molecule has 1 aliphatic heterocycles. The van der Waals surface area contributed by atoms with Gasteiger partial charge in [0.15, 0.2) is 0 Å². The third-order valence-corrected chi connectivity index (χ3v) is 6.05. The summed E-state index contributed by atoms with van der Waals surface area (Å²) >= 11 is 0. The minimum atomic E-state index is -0.673. The molecule has 0 saturated carbocycles. The third-order valence-electron chi connectivity index (χ3n) is 6.05. The van der Waals surface area contributed by atoms with E-state index in [1.165, 1.54) is 12.1 Å². The Labute approximate surface area is 190 Å². The van der Waals surface area contributed by atoms with Crippen molar-refractivity contribution in [2.45, 2.75) is 12.5 Å². The number of nitrogens with one attached hydrogen (secondary N) is 1. The lowest BCUT2D eigenvalue weighted by Gasteiger charge is -2.35. The Morgan fingerprint density at radius 3 is 2.61 bits per heavy atom. The predicted octanol–water partition coefficient (Wildman–Crippen LogP) is 4.22. The zero-order chi connectivity index (χ0) is 22.8. The lowest BCUT2D eigenvalue weighted by molar-refractivity contribution is -0.127. The highest BCUT2D eigenvalue weighted by molar-refractivity contribution is 6.06. The fourth-order valence-corrected chi connectivity index (χ4v) is 4.40. The summed E-state index contributed by atoms with van der Waals surface area (Å²) in [5.74, 6) is -0.753. The fourth-order valence-electron chi connectivity index (χ4n) is 4.40. The number of nitrogens with zero attached hydrogens (tertiary/aromatic N) is 2. The number of fused-ring (bicyclic) bond motifs is 1. The topological polar surface area (TPSA) is 62.3 Å². The Hall–Kier alpha value is -4.06. The molecule has 0 radical (unpaired) electrons. The normalized spacial score (nSPS) is 16.0. The average Bonchev–Trinajstić information content (AvgIpc) is 2.85. The highest BCUT2D eigenvalue weighted by atomic mass is 19.1. The molecule has 0 spiro atoms. The van der Waals surface area contributed by atoms with Crippen molar-refractivity contribution in [3.05, 3.63) is 102 Å². The number of hydrogen-bond donors (Lipinski definition) is 1. The van der Waals surface area contributed by atoms with E-state index in [2.05, 4.69) is 10.3 Å². The molecule has 33 heavy (non-hydrogen) atoms. The first-order valence-electron chi connectivity index (χ1n) is 10.9. The molecule has 5 rings (SSSR count). The summed E-state index contributed by atoms with van der Waals surface area (Å²) in [4.78, 5) is 32.5. The van der Waals surface area contributed by atoms with Gasteiger partial charge in [0, 0.05) is 31.1 Å². The van der Waals surface area contributed by atoms with Crippen LogP contribution in [-0.2, 0) is 11.2 Å². The predicted molar refractivity (Wildman–Crippen MR) is 125 cm³/mol. The molecule has 2 amide bonds. The number of aromatic nitrogens is 1. The van der Waals surface area contributed by atoms with Gasteiger partial charge in [-0.3, -0.25) is 14.6 Å². The molecule has 4 aromatic rings. The van der Waals surface area contributed by atoms with Gasteiger partial charge in [0.1, 0.15) is 17.6 Å². The van der Waals surface area contributed by atoms with Crippen molar-refractivity contribution in [3.63, 3.8) is 0 Å². The maximum atomic E-state index is 13.6. The fraction of sp³-hybridized carbons (Fsp3) is 0.148. The highest BCUT2D eigenvalue weighted by Gasteiger charge is 2.35. The van der Waals surface area contributed by atoms with Gasteiger partial charge in [-0.15, -0.1) is 0 Å². The summed E-state index contributed by atoms with van der Waals surface area (Å²) in [6, 6.07) is 22.8. The summed E-state index contributed by atoms with van der Waals surface area (Å²) in [5.41, 5.74) is 3.03. The largest absolute Gasteiger partial charge is 0.353 e. The maximum absolute atomic E-state index is 13.6. The van der Waals surface area contributed by atoms with Gasteiger partial charge in [0.25, 0.3) is 5.91 Å². The van der Waals surface area contributed by atoms with Gasteiger partial charge >= 0.3 is 0 Å². The van der Waals surface area contributed by atoms with E-state index in [4.69, 9.17) is 0 Å². The van der Waals surface area contributed by atoms with Crippen molar-refractivity contribution < 1.29 is 14.0 Å². The molecule has 1 atom stereocenters. The quantitative estimate of drug-likeness (QED) is 0.518. The van der Waals surface area contributed by atoms with Crippen LogP contribution in [0.4, 0.5) is 4.39 Å². The van der Waals surface area contributed by atoms with E-state index in [1.807, 2.05) is 54.6 Å². The van der Waals surface area contributed by atoms with Crippen LogP contribution in [0.15, 0.2) is 85.1 Å². The Bertz CT molecular complexity index is 1330. The molecular formula is C27H22FN3O2. The molecule has 2 heterocycles. The van der Waals surface area contributed by atoms with Crippen LogP contribution >= 0.6 is 0 Å². The van der Waals surface area contributed by atoms with Gasteiger partial charge < -0.3 is 10.2 Å². The van der Waals surface area contributed by atoms with Crippen LogP contribution < -0.4 is 5.32 Å². The van der Waals surface area contributed by atoms with E-state index < -0.39 is 6.04 Å². The molecule has 0 bridgehead atoms. The summed E-state index contributed by atoms with van der Waals surface area (Å²) < 4.78 is 13.4. The monoisotopic (exact) mass is 439 g/mol. The number of rotatable bonds is 4. The van der Waals surface area contributed by atoms with Gasteiger partial charge in [-0.1, -0.05) is 60.7 Å². The first-order valence-corrected chi connectivity index (χ1v) is 10.9. The standard InChI is InChI=1S/C27H22FN3O2/c28-21-11-9-19(10-12-21)22-7-3-2-6-20(22)17-24-26(32)30-15-16-31(24)27(33)25-23-8-4-1-5-18(23)13-14-29-25/h1-14,24H,15-17H2,(H,30,32). The van der Waals surface area contributed by atoms with Gasteiger partial charge in [-0.25, -0.2) is 4.39 Å². The van der Waals surface area contributed by atoms with Gasteiger partial charge in [-0.2, -0.15) is 0 Å². The van der Waals surface area contributed by atoms with Crippen LogP contribution in [0.25, 0.3) is 21.9 Å². The van der Waals surface area contributed by atoms with Crippen LogP contribution in [0.5, 0.6) is 0 Å². The molecule has 164 valence electrons. The van der Waals surface area contributed by atoms with Crippen LogP contribution in [0.3, 0.4) is 0 Å². The van der Waals surface area contributed by atoms with E-state index in [1.54, 1.807) is 23.2 Å². The van der Waals surface area contributed by atoms with Gasteiger partial charge in [-0.05, 0) is 40.3 Å². The summed E-state index contributed by atoms with van der Waals surface area (Å²) in [7, 11) is 0. The van der Waals surface area contributed by atoms with Crippen molar-refractivity contribution in [3.8, 4) is 11.1 Å². The van der Waals surface area contributed by atoms with E-state index >= 15 is 0 Å². The number of carbonyl (C=O) groups is 2. The van der Waals surface area contributed by atoms with Crippen LogP contribution in [0.1, 0.15) is 16.1 Å². The second-order valence-electron chi connectivity index (χ2n) is 8.05. The van der Waals surface area contributed by atoms with E-state index in [-0.39, 0.29) is 17.6 Å². The number of benzene rings is 3. The van der Waals surface area contributed by atoms with E-state index in [0.29, 0.717) is 25.2 Å². The third kappa shape index (κ3) is 4.07. The minimum absolute atomic E-state index is 0.191. The number of pyridine rings is 1. The van der Waals surface area contributed by atoms with Crippen LogP contribution in [0, 0.1) is 5.82 Å². The van der Waals surface area contributed by atoms with E-state index in [0.717, 1.165) is 27.5 Å². The first-order chi connectivity index (χ1) is 16.1. The molecule has 6 heteroatoms. The second-order valence-corrected chi connectivity index (χ2v) is 8.05. The Morgan fingerprint density at radius 1 is 1.00 bits per heavy atom. The molecule has 1 aliphatic rings. The van der Waals surface area contributed by atoms with Crippen molar-refractivity contribution in [2.24, 2.45) is 0 Å². The Kier molecular flexibility index (Phi) is 5.57. The van der Waals surface area contributed by atoms with Crippen LogP contribution in [0.2, 0.25) is 0 Å².